The molecular weight excluding hydrogens is 1060 g/mol. The number of phosphoric acid groups is 1. The summed E-state index contributed by atoms with van der Waals surface area (Å²) in [4.78, 5) is 35.9. The van der Waals surface area contributed by atoms with Crippen molar-refractivity contribution in [2.45, 2.75) is 264 Å². The molecule has 0 radical (unpaired) electrons. The number of carbonyl (C=O) groups excluding carboxylic acids is 2. The Morgan fingerprint density at radius 2 is 0.643 bits per heavy atom. The number of ether oxygens (including phenoxy) is 2. The number of esters is 2. The van der Waals surface area contributed by atoms with E-state index < -0.39 is 26.5 Å². The van der Waals surface area contributed by atoms with E-state index in [2.05, 4.69) is 160 Å². The third-order valence-corrected chi connectivity index (χ3v) is 14.8. The molecule has 478 valence electrons. The van der Waals surface area contributed by atoms with Crippen LogP contribution in [0.3, 0.4) is 0 Å². The molecule has 0 fully saturated rings. The highest BCUT2D eigenvalue weighted by molar-refractivity contribution is 7.47. The highest BCUT2D eigenvalue weighted by Crippen LogP contribution is 2.43. The van der Waals surface area contributed by atoms with E-state index in [1.807, 2.05) is 21.1 Å². The van der Waals surface area contributed by atoms with Gasteiger partial charge in [-0.05, 0) is 116 Å². The fraction of sp³-hybridized carbons (Fsp3) is 0.649. The third kappa shape index (κ3) is 67.0. The fourth-order valence-corrected chi connectivity index (χ4v) is 9.53. The second-order valence-corrected chi connectivity index (χ2v) is 24.5. The number of carbonyl (C=O) groups is 2. The molecular formula is C74H125NO8P+. The highest BCUT2D eigenvalue weighted by atomic mass is 31.2. The maximum absolute atomic E-state index is 12.9. The van der Waals surface area contributed by atoms with Gasteiger partial charge in [0.15, 0.2) is 6.10 Å². The molecule has 0 aromatic carbocycles. The molecule has 84 heavy (non-hydrogen) atoms. The van der Waals surface area contributed by atoms with Crippen LogP contribution in [0.2, 0.25) is 0 Å². The topological polar surface area (TPSA) is 108 Å². The molecule has 0 amide bonds. The zero-order valence-electron chi connectivity index (χ0n) is 54.3. The standard InChI is InChI=1S/C74H124NO8P/c1-6-8-10-12-14-16-18-20-22-24-26-28-30-32-34-35-36-37-38-39-41-43-45-47-49-51-53-55-57-59-61-63-65-67-74(77)83-72(71-82-84(78,79)81-69-68-75(3,4)5)70-80-73(76)66-64-62-60-58-56-54-52-50-48-46-44-42-40-33-31-29-27-25-23-21-19-17-15-13-11-9-7-2/h8-11,14-17,20-23,26-29,32-34,36-37,39-41,72H,6-7,12-13,18-19,24-25,30-31,35,38,42-71H2,1-5H3/p+1/b10-8-,11-9-,16-14-,17-15-,22-20-,23-21-,28-26-,29-27-,34-32-,37-36-,40-33-,41-39-. The number of phosphoric ester groups is 1. The SMILES string of the molecule is CC/C=C\C/C=C\C/C=C\C/C=C\C/C=C\C/C=C\C/C=C\CCCCCCCCCCCCCC(=O)OC(COC(=O)CCCCCCCCCCCCC/C=C\C/C=C\C/C=C\C/C=C\C/C=C\CC)COP(=O)(O)OCC[N+](C)(C)C. The van der Waals surface area contributed by atoms with Crippen LogP contribution in [-0.2, 0) is 32.7 Å². The van der Waals surface area contributed by atoms with E-state index in [1.165, 1.54) is 103 Å². The molecule has 0 saturated heterocycles. The van der Waals surface area contributed by atoms with Crippen LogP contribution < -0.4 is 0 Å². The minimum absolute atomic E-state index is 0.0237. The van der Waals surface area contributed by atoms with Crippen LogP contribution in [0.15, 0.2) is 146 Å². The zero-order valence-corrected chi connectivity index (χ0v) is 55.2. The van der Waals surface area contributed by atoms with Crippen molar-refractivity contribution >= 4 is 19.8 Å². The first-order chi connectivity index (χ1) is 41.0. The molecule has 2 atom stereocenters. The number of quaternary nitrogens is 1. The van der Waals surface area contributed by atoms with Gasteiger partial charge in [0.2, 0.25) is 0 Å². The predicted molar refractivity (Wildman–Crippen MR) is 362 cm³/mol. The van der Waals surface area contributed by atoms with Crippen molar-refractivity contribution in [3.63, 3.8) is 0 Å². The molecule has 0 spiro atoms. The van der Waals surface area contributed by atoms with Gasteiger partial charge >= 0.3 is 19.8 Å². The van der Waals surface area contributed by atoms with Gasteiger partial charge in [0, 0.05) is 12.8 Å². The van der Waals surface area contributed by atoms with Gasteiger partial charge in [0.1, 0.15) is 19.8 Å². The Labute approximate surface area is 516 Å². The van der Waals surface area contributed by atoms with Crippen molar-refractivity contribution < 1.29 is 42.1 Å². The monoisotopic (exact) mass is 1190 g/mol. The van der Waals surface area contributed by atoms with E-state index >= 15 is 0 Å². The van der Waals surface area contributed by atoms with Crippen LogP contribution in [0.25, 0.3) is 0 Å². The number of likely N-dealkylation sites (N-methyl/N-ethyl adjacent to an activating group) is 1. The summed E-state index contributed by atoms with van der Waals surface area (Å²) in [5.41, 5.74) is 0. The van der Waals surface area contributed by atoms with Gasteiger partial charge < -0.3 is 18.9 Å². The normalized spacial score (nSPS) is 14.1. The van der Waals surface area contributed by atoms with E-state index in [0.717, 1.165) is 122 Å². The van der Waals surface area contributed by atoms with Gasteiger partial charge in [-0.2, -0.15) is 0 Å². The molecule has 0 aliphatic carbocycles. The van der Waals surface area contributed by atoms with Crippen LogP contribution >= 0.6 is 7.82 Å². The summed E-state index contributed by atoms with van der Waals surface area (Å²) in [6.45, 7) is 4.20. The summed E-state index contributed by atoms with van der Waals surface area (Å²) >= 11 is 0. The van der Waals surface area contributed by atoms with Gasteiger partial charge in [-0.3, -0.25) is 18.6 Å². The molecule has 0 aliphatic rings. The van der Waals surface area contributed by atoms with Crippen molar-refractivity contribution in [3.8, 4) is 0 Å². The van der Waals surface area contributed by atoms with Crippen molar-refractivity contribution in [3.05, 3.63) is 146 Å². The maximum Gasteiger partial charge on any atom is 0.472 e. The molecule has 0 heterocycles. The smallest absolute Gasteiger partial charge is 0.462 e. The van der Waals surface area contributed by atoms with E-state index in [9.17, 15) is 19.0 Å². The summed E-state index contributed by atoms with van der Waals surface area (Å²) in [5, 5.41) is 0. The van der Waals surface area contributed by atoms with Crippen molar-refractivity contribution in [2.75, 3.05) is 47.5 Å². The van der Waals surface area contributed by atoms with E-state index in [0.29, 0.717) is 17.4 Å². The van der Waals surface area contributed by atoms with Crippen LogP contribution in [0, 0.1) is 0 Å². The fourth-order valence-electron chi connectivity index (χ4n) is 8.79. The summed E-state index contributed by atoms with van der Waals surface area (Å²) in [5.74, 6) is -0.809. The van der Waals surface area contributed by atoms with Crippen LogP contribution in [0.5, 0.6) is 0 Å². The Morgan fingerprint density at radius 1 is 0.369 bits per heavy atom. The minimum atomic E-state index is -4.40. The Bertz CT molecular complexity index is 1930. The van der Waals surface area contributed by atoms with E-state index in [-0.39, 0.29) is 32.0 Å². The Hall–Kier alpha value is -4.11. The van der Waals surface area contributed by atoms with Crippen LogP contribution in [-0.4, -0.2) is 74.9 Å². The lowest BCUT2D eigenvalue weighted by Crippen LogP contribution is -2.37. The van der Waals surface area contributed by atoms with Gasteiger partial charge in [0.25, 0.3) is 0 Å². The maximum atomic E-state index is 12.9. The number of allylic oxidation sites excluding steroid dienone is 24. The Balaban J connectivity index is 4.13. The molecule has 0 saturated carbocycles. The predicted octanol–water partition coefficient (Wildman–Crippen LogP) is 21.8. The number of hydrogen-bond donors (Lipinski definition) is 1. The third-order valence-electron chi connectivity index (χ3n) is 13.9. The molecule has 0 rings (SSSR count). The van der Waals surface area contributed by atoms with Gasteiger partial charge in [-0.15, -0.1) is 0 Å². The molecule has 9 nitrogen and oxygen atoms in total. The Morgan fingerprint density at radius 3 is 0.952 bits per heavy atom. The second-order valence-electron chi connectivity index (χ2n) is 23.1. The zero-order chi connectivity index (χ0) is 61.2. The average Bonchev–Trinajstić information content (AvgIpc) is 3.61. The number of unbranched alkanes of at least 4 members (excludes halogenated alkanes) is 22. The molecule has 0 aliphatic heterocycles. The van der Waals surface area contributed by atoms with Gasteiger partial charge in [0.05, 0.1) is 27.7 Å². The number of rotatable bonds is 60. The number of hydrogen-bond acceptors (Lipinski definition) is 7. The molecule has 10 heteroatoms. The lowest BCUT2D eigenvalue weighted by atomic mass is 10.0. The van der Waals surface area contributed by atoms with Crippen molar-refractivity contribution in [1.82, 2.24) is 0 Å². The first kappa shape index (κ1) is 79.9. The molecule has 0 bridgehead atoms. The summed E-state index contributed by atoms with van der Waals surface area (Å²) < 4.78 is 34.7. The molecule has 0 aromatic rings. The van der Waals surface area contributed by atoms with Gasteiger partial charge in [-0.25, -0.2) is 4.57 Å². The molecule has 0 aromatic heterocycles. The van der Waals surface area contributed by atoms with E-state index in [1.54, 1.807) is 0 Å². The minimum Gasteiger partial charge on any atom is -0.462 e. The van der Waals surface area contributed by atoms with Crippen molar-refractivity contribution in [2.24, 2.45) is 0 Å². The van der Waals surface area contributed by atoms with Gasteiger partial charge in [-0.1, -0.05) is 275 Å². The van der Waals surface area contributed by atoms with Crippen molar-refractivity contribution in [1.29, 1.82) is 0 Å². The molecule has 2 unspecified atom stereocenters. The van der Waals surface area contributed by atoms with E-state index in [4.69, 9.17) is 18.5 Å². The quantitative estimate of drug-likeness (QED) is 0.0211. The largest absolute Gasteiger partial charge is 0.472 e. The Kier molecular flexibility index (Phi) is 60.3. The summed E-state index contributed by atoms with van der Waals surface area (Å²) in [7, 11) is 1.46. The lowest BCUT2D eigenvalue weighted by Gasteiger charge is -2.24. The first-order valence-electron chi connectivity index (χ1n) is 33.6. The second kappa shape index (κ2) is 63.4. The first-order valence-corrected chi connectivity index (χ1v) is 35.1. The lowest BCUT2D eigenvalue weighted by molar-refractivity contribution is -0.870. The summed E-state index contributed by atoms with van der Waals surface area (Å²) in [6, 6.07) is 0. The average molecular weight is 1190 g/mol. The highest BCUT2D eigenvalue weighted by Gasteiger charge is 2.27. The van der Waals surface area contributed by atoms with Crippen LogP contribution in [0.4, 0.5) is 0 Å². The van der Waals surface area contributed by atoms with Crippen LogP contribution in [0.1, 0.15) is 258 Å². The summed E-state index contributed by atoms with van der Waals surface area (Å²) in [6.07, 6.45) is 93.6. The number of nitrogens with zero attached hydrogens (tertiary/aromatic N) is 1. The molecule has 1 N–H and O–H groups in total.